The third-order valence-electron chi connectivity index (χ3n) is 6.37. The monoisotopic (exact) mass is 577 g/mol. The summed E-state index contributed by atoms with van der Waals surface area (Å²) < 4.78 is 16.5. The summed E-state index contributed by atoms with van der Waals surface area (Å²) in [4.78, 5) is 48.7. The van der Waals surface area contributed by atoms with Crippen LogP contribution in [0.4, 0.5) is 21.1 Å². The van der Waals surface area contributed by atoms with E-state index < -0.39 is 29.4 Å². The van der Waals surface area contributed by atoms with E-state index in [4.69, 9.17) is 14.2 Å². The number of fused-ring (bicyclic) bond motifs is 1. The van der Waals surface area contributed by atoms with Crippen molar-refractivity contribution in [2.75, 3.05) is 30.4 Å². The van der Waals surface area contributed by atoms with Crippen molar-refractivity contribution in [2.45, 2.75) is 72.1 Å². The van der Waals surface area contributed by atoms with Gasteiger partial charge in [-0.15, -0.1) is 0 Å². The first-order chi connectivity index (χ1) is 19.7. The third kappa shape index (κ3) is 8.16. The Morgan fingerprint density at radius 1 is 1.02 bits per heavy atom. The summed E-state index contributed by atoms with van der Waals surface area (Å²) in [6, 6.07) is 6.99. The summed E-state index contributed by atoms with van der Waals surface area (Å²) in [5.74, 6) is 0.00796. The van der Waals surface area contributed by atoms with E-state index in [0.717, 1.165) is 22.1 Å². The second-order valence-corrected chi connectivity index (χ2v) is 12.3. The molecule has 3 amide bonds. The van der Waals surface area contributed by atoms with E-state index in [1.165, 1.54) is 0 Å². The minimum Gasteiger partial charge on any atom is -0.444 e. The Kier molecular flexibility index (Phi) is 9.00. The highest BCUT2D eigenvalue weighted by atomic mass is 16.6. The topological polar surface area (TPSA) is 132 Å². The number of benzene rings is 1. The van der Waals surface area contributed by atoms with Crippen LogP contribution >= 0.6 is 0 Å². The molecule has 1 aliphatic heterocycles. The molecule has 3 heterocycles. The standard InChI is InChI=1S/C31H39N5O6/c1-19-8-9-32-16-23(19)20-12-21-14-26(33-17-24(21)25(13-20)34-28(38)41-30(2,3)4)35-27(37)15-22-18-40-11-10-36(22)29(39)42-31(5,6)7/h8-9,12-14,16-17,22H,10-11,15,18H2,1-7H3,(H,34,38)(H,33,35,37). The highest BCUT2D eigenvalue weighted by Crippen LogP contribution is 2.33. The molecule has 1 fully saturated rings. The van der Waals surface area contributed by atoms with E-state index in [1.54, 1.807) is 71.1 Å². The number of morpholine rings is 1. The molecular weight excluding hydrogens is 538 g/mol. The van der Waals surface area contributed by atoms with Crippen molar-refractivity contribution in [1.82, 2.24) is 14.9 Å². The van der Waals surface area contributed by atoms with Crippen LogP contribution in [-0.2, 0) is 19.0 Å². The summed E-state index contributed by atoms with van der Waals surface area (Å²) in [6.07, 6.45) is 4.02. The van der Waals surface area contributed by atoms with Gasteiger partial charge in [-0.3, -0.25) is 15.1 Å². The molecule has 42 heavy (non-hydrogen) atoms. The number of hydrogen-bond donors (Lipinski definition) is 2. The molecule has 1 aromatic carbocycles. The van der Waals surface area contributed by atoms with Crippen molar-refractivity contribution in [3.05, 3.63) is 48.4 Å². The minimum atomic E-state index is -0.671. The maximum absolute atomic E-state index is 13.1. The van der Waals surface area contributed by atoms with Gasteiger partial charge in [-0.2, -0.15) is 0 Å². The molecular formula is C31H39N5O6. The number of rotatable bonds is 5. The fourth-order valence-corrected chi connectivity index (χ4v) is 4.56. The molecule has 2 aromatic heterocycles. The number of anilines is 2. The summed E-state index contributed by atoms with van der Waals surface area (Å²) in [5.41, 5.74) is 1.93. The zero-order valence-electron chi connectivity index (χ0n) is 25.2. The van der Waals surface area contributed by atoms with Crippen LogP contribution in [0.2, 0.25) is 0 Å². The number of pyridine rings is 2. The fourth-order valence-electron chi connectivity index (χ4n) is 4.56. The highest BCUT2D eigenvalue weighted by Gasteiger charge is 2.32. The summed E-state index contributed by atoms with van der Waals surface area (Å²) in [6.45, 7) is 13.7. The lowest BCUT2D eigenvalue weighted by Crippen LogP contribution is -2.51. The second-order valence-electron chi connectivity index (χ2n) is 12.3. The van der Waals surface area contributed by atoms with Gasteiger partial charge in [-0.05, 0) is 89.2 Å². The van der Waals surface area contributed by atoms with Crippen LogP contribution in [0.3, 0.4) is 0 Å². The van der Waals surface area contributed by atoms with Crippen LogP contribution < -0.4 is 10.6 Å². The van der Waals surface area contributed by atoms with Gasteiger partial charge in [0.25, 0.3) is 0 Å². The lowest BCUT2D eigenvalue weighted by molar-refractivity contribution is -0.119. The number of hydrogen-bond acceptors (Lipinski definition) is 8. The molecule has 11 nitrogen and oxygen atoms in total. The van der Waals surface area contributed by atoms with Crippen LogP contribution in [0.15, 0.2) is 42.9 Å². The Hall–Kier alpha value is -4.25. The smallest absolute Gasteiger partial charge is 0.412 e. The zero-order chi connectivity index (χ0) is 30.7. The van der Waals surface area contributed by atoms with E-state index in [0.29, 0.717) is 30.0 Å². The van der Waals surface area contributed by atoms with E-state index in [2.05, 4.69) is 20.6 Å². The Morgan fingerprint density at radius 2 is 1.76 bits per heavy atom. The molecule has 0 aliphatic carbocycles. The Labute approximate surface area is 245 Å². The molecule has 4 rings (SSSR count). The van der Waals surface area contributed by atoms with Crippen molar-refractivity contribution in [3.8, 4) is 11.1 Å². The molecule has 0 spiro atoms. The number of aryl methyl sites for hydroxylation is 1. The molecule has 0 radical (unpaired) electrons. The van der Waals surface area contributed by atoms with E-state index in [1.807, 2.05) is 25.1 Å². The second kappa shape index (κ2) is 12.3. The summed E-state index contributed by atoms with van der Waals surface area (Å²) in [5, 5.41) is 7.09. The molecule has 2 N–H and O–H groups in total. The number of carbonyl (C=O) groups excluding carboxylic acids is 3. The summed E-state index contributed by atoms with van der Waals surface area (Å²) in [7, 11) is 0. The first-order valence-electron chi connectivity index (χ1n) is 13.9. The number of nitrogens with zero attached hydrogens (tertiary/aromatic N) is 3. The van der Waals surface area contributed by atoms with Gasteiger partial charge in [0.15, 0.2) is 0 Å². The molecule has 3 aromatic rings. The molecule has 1 saturated heterocycles. The van der Waals surface area contributed by atoms with Crippen molar-refractivity contribution in [2.24, 2.45) is 0 Å². The first kappa shape index (κ1) is 30.7. The summed E-state index contributed by atoms with van der Waals surface area (Å²) >= 11 is 0. The van der Waals surface area contributed by atoms with Gasteiger partial charge in [0.05, 0.1) is 24.9 Å². The molecule has 11 heteroatoms. The number of aromatic nitrogens is 2. The quantitative estimate of drug-likeness (QED) is 0.382. The molecule has 1 aliphatic rings. The minimum absolute atomic E-state index is 0.0132. The molecule has 224 valence electrons. The van der Waals surface area contributed by atoms with Crippen molar-refractivity contribution < 1.29 is 28.6 Å². The molecule has 0 bridgehead atoms. The molecule has 1 atom stereocenters. The number of ether oxygens (including phenoxy) is 3. The van der Waals surface area contributed by atoms with Crippen LogP contribution in [0, 0.1) is 6.92 Å². The predicted octanol–water partition coefficient (Wildman–Crippen LogP) is 5.92. The van der Waals surface area contributed by atoms with Gasteiger partial charge in [0.1, 0.15) is 17.0 Å². The Morgan fingerprint density at radius 3 is 2.45 bits per heavy atom. The van der Waals surface area contributed by atoms with E-state index in [9.17, 15) is 14.4 Å². The van der Waals surface area contributed by atoms with Gasteiger partial charge >= 0.3 is 12.2 Å². The molecule has 0 saturated carbocycles. The van der Waals surface area contributed by atoms with Crippen LogP contribution in [0.1, 0.15) is 53.5 Å². The van der Waals surface area contributed by atoms with E-state index >= 15 is 0 Å². The maximum Gasteiger partial charge on any atom is 0.412 e. The van der Waals surface area contributed by atoms with Crippen LogP contribution in [-0.4, -0.2) is 70.0 Å². The maximum atomic E-state index is 13.1. The lowest BCUT2D eigenvalue weighted by atomic mass is 9.99. The highest BCUT2D eigenvalue weighted by molar-refractivity contribution is 6.04. The van der Waals surface area contributed by atoms with Gasteiger partial charge < -0.3 is 24.4 Å². The van der Waals surface area contributed by atoms with Gasteiger partial charge in [0, 0.05) is 42.5 Å². The van der Waals surface area contributed by atoms with Gasteiger partial charge in [-0.25, -0.2) is 14.6 Å². The Balaban J connectivity index is 1.59. The van der Waals surface area contributed by atoms with Gasteiger partial charge in [0.2, 0.25) is 5.91 Å². The van der Waals surface area contributed by atoms with Crippen LogP contribution in [0.25, 0.3) is 21.9 Å². The lowest BCUT2D eigenvalue weighted by Gasteiger charge is -2.36. The van der Waals surface area contributed by atoms with E-state index in [-0.39, 0.29) is 18.9 Å². The predicted molar refractivity (Wildman–Crippen MR) is 160 cm³/mol. The number of amides is 3. The fraction of sp³-hybridized carbons (Fsp3) is 0.452. The zero-order valence-corrected chi connectivity index (χ0v) is 25.2. The molecule has 1 unspecified atom stereocenters. The Bertz CT molecular complexity index is 1480. The number of nitrogens with one attached hydrogen (secondary N) is 2. The van der Waals surface area contributed by atoms with Crippen molar-refractivity contribution in [1.29, 1.82) is 0 Å². The number of carbonyl (C=O) groups is 3. The first-order valence-corrected chi connectivity index (χ1v) is 13.9. The average molecular weight is 578 g/mol. The SMILES string of the molecule is Cc1ccncc1-c1cc(NC(=O)OC(C)(C)C)c2cnc(NC(=O)CC3COCCN3C(=O)OC(C)(C)C)cc2c1. The third-order valence-corrected chi connectivity index (χ3v) is 6.37. The van der Waals surface area contributed by atoms with Crippen molar-refractivity contribution in [3.63, 3.8) is 0 Å². The van der Waals surface area contributed by atoms with Crippen LogP contribution in [0.5, 0.6) is 0 Å². The van der Waals surface area contributed by atoms with Crippen molar-refractivity contribution >= 4 is 40.4 Å². The average Bonchev–Trinajstić information content (AvgIpc) is 2.86. The normalized spacial score (nSPS) is 15.7. The largest absolute Gasteiger partial charge is 0.444 e. The van der Waals surface area contributed by atoms with Gasteiger partial charge in [-0.1, -0.05) is 0 Å².